The van der Waals surface area contributed by atoms with Gasteiger partial charge < -0.3 is 24.8 Å². The predicted molar refractivity (Wildman–Crippen MR) is 158 cm³/mol. The molecule has 0 spiro atoms. The molecule has 192 valence electrons. The third-order valence-electron chi connectivity index (χ3n) is 7.55. The van der Waals surface area contributed by atoms with Gasteiger partial charge in [-0.3, -0.25) is 0 Å². The molecule has 0 aliphatic heterocycles. The summed E-state index contributed by atoms with van der Waals surface area (Å²) in [6, 6.07) is 35.2. The number of fused-ring (bicyclic) bond motifs is 6. The van der Waals surface area contributed by atoms with Gasteiger partial charge in [-0.05, 0) is 12.8 Å². The molecule has 0 fully saturated rings. The summed E-state index contributed by atoms with van der Waals surface area (Å²) in [5.41, 5.74) is 5.62. The van der Waals surface area contributed by atoms with E-state index in [0.717, 1.165) is 12.8 Å². The molecule has 2 aliphatic rings. The molecule has 0 saturated carbocycles. The Morgan fingerprint density at radius 3 is 1.25 bits per heavy atom. The van der Waals surface area contributed by atoms with Gasteiger partial charge >= 0.3 is 43.4 Å². The molecule has 0 nitrogen and oxygen atoms in total. The van der Waals surface area contributed by atoms with E-state index in [-0.39, 0.29) is 68.2 Å². The number of rotatable bonds is 2. The second kappa shape index (κ2) is 14.0. The summed E-state index contributed by atoms with van der Waals surface area (Å²) in [5.74, 6) is 0. The monoisotopic (exact) mass is 624 g/mol. The molecule has 6 aromatic rings. The topological polar surface area (TPSA) is 0 Å². The van der Waals surface area contributed by atoms with E-state index in [9.17, 15) is 0 Å². The number of hydrogen-bond acceptors (Lipinski definition) is 0. The van der Waals surface area contributed by atoms with Crippen LogP contribution in [0.3, 0.4) is 0 Å². The molecule has 0 N–H and O–H groups in total. The van der Waals surface area contributed by atoms with Crippen LogP contribution in [-0.4, -0.2) is 0 Å². The molecule has 0 amide bonds. The van der Waals surface area contributed by atoms with E-state index in [1.54, 1.807) is 0 Å². The first-order valence-corrected chi connectivity index (χ1v) is 12.7. The van der Waals surface area contributed by atoms with Crippen LogP contribution in [0.4, 0.5) is 0 Å². The summed E-state index contributed by atoms with van der Waals surface area (Å²) >= 11 is 0. The Kier molecular flexibility index (Phi) is 11.2. The molecular formula is C36H26Cl2Ti2. The van der Waals surface area contributed by atoms with E-state index in [1.807, 2.05) is 0 Å². The van der Waals surface area contributed by atoms with Gasteiger partial charge in [0.1, 0.15) is 0 Å². The zero-order valence-corrected chi connectivity index (χ0v) is 26.5. The summed E-state index contributed by atoms with van der Waals surface area (Å²) in [6.07, 6.45) is 15.3. The van der Waals surface area contributed by atoms with Crippen LogP contribution < -0.4 is 24.8 Å². The molecular weight excluding hydrogens is 599 g/mol. The van der Waals surface area contributed by atoms with Crippen molar-refractivity contribution in [2.24, 2.45) is 0 Å². The van der Waals surface area contributed by atoms with Gasteiger partial charge in [0, 0.05) is 0 Å². The number of hydrogen-bond donors (Lipinski definition) is 0. The molecule has 40 heavy (non-hydrogen) atoms. The van der Waals surface area contributed by atoms with Crippen molar-refractivity contribution in [2.45, 2.75) is 12.8 Å². The molecule has 6 aromatic carbocycles. The summed E-state index contributed by atoms with van der Waals surface area (Å²) in [7, 11) is 0. The Morgan fingerprint density at radius 2 is 0.850 bits per heavy atom. The molecule has 0 unspecified atom stereocenters. The predicted octanol–water partition coefficient (Wildman–Crippen LogP) is 4.11. The van der Waals surface area contributed by atoms with Crippen LogP contribution >= 0.6 is 0 Å². The zero-order valence-electron chi connectivity index (χ0n) is 21.9. The van der Waals surface area contributed by atoms with Crippen molar-refractivity contribution in [3.63, 3.8) is 0 Å². The first-order chi connectivity index (χ1) is 17.9. The Morgan fingerprint density at radius 1 is 0.450 bits per heavy atom. The van der Waals surface area contributed by atoms with E-state index in [1.165, 1.54) is 65.4 Å². The van der Waals surface area contributed by atoms with Crippen molar-refractivity contribution < 1.29 is 68.2 Å². The summed E-state index contributed by atoms with van der Waals surface area (Å²) in [6.45, 7) is 0. The van der Waals surface area contributed by atoms with Gasteiger partial charge in [-0.25, -0.2) is 0 Å². The first kappa shape index (κ1) is 32.1. The number of benzene rings is 4. The Hall–Kier alpha value is -2.41. The van der Waals surface area contributed by atoms with Crippen LogP contribution in [0.15, 0.2) is 134 Å². The average Bonchev–Trinajstić information content (AvgIpc) is 3.73. The third kappa shape index (κ3) is 5.81. The van der Waals surface area contributed by atoms with Crippen LogP contribution in [0.25, 0.3) is 54.2 Å². The van der Waals surface area contributed by atoms with Crippen molar-refractivity contribution in [3.8, 4) is 0 Å². The second-order valence-electron chi connectivity index (χ2n) is 9.65. The fraction of sp³-hybridized carbons (Fsp3) is 0.0556. The summed E-state index contributed by atoms with van der Waals surface area (Å²) in [4.78, 5) is 0. The van der Waals surface area contributed by atoms with Gasteiger partial charge in [0.25, 0.3) is 0 Å². The molecule has 8 rings (SSSR count). The Labute approximate surface area is 277 Å². The van der Waals surface area contributed by atoms with E-state index >= 15 is 0 Å². The molecule has 0 heterocycles. The average molecular weight is 625 g/mol. The number of halogens is 2. The van der Waals surface area contributed by atoms with Crippen LogP contribution in [0.5, 0.6) is 0 Å². The maximum Gasteiger partial charge on any atom is 2.00 e. The zero-order chi connectivity index (χ0) is 23.9. The van der Waals surface area contributed by atoms with Crippen molar-refractivity contribution >= 4 is 54.2 Å². The Balaban J connectivity index is 0.000000200. The molecule has 0 saturated heterocycles. The van der Waals surface area contributed by atoms with E-state index < -0.39 is 0 Å². The fourth-order valence-electron chi connectivity index (χ4n) is 5.81. The van der Waals surface area contributed by atoms with E-state index in [2.05, 4.69) is 134 Å². The molecule has 0 aromatic heterocycles. The molecule has 2 aliphatic carbocycles. The van der Waals surface area contributed by atoms with Crippen molar-refractivity contribution in [1.29, 1.82) is 0 Å². The van der Waals surface area contributed by atoms with E-state index in [0.29, 0.717) is 0 Å². The van der Waals surface area contributed by atoms with Crippen LogP contribution in [0.2, 0.25) is 0 Å². The molecule has 0 radical (unpaired) electrons. The Bertz CT molecular complexity index is 1760. The van der Waals surface area contributed by atoms with Gasteiger partial charge in [0.2, 0.25) is 0 Å². The summed E-state index contributed by atoms with van der Waals surface area (Å²) in [5, 5.41) is 10.9. The van der Waals surface area contributed by atoms with Crippen LogP contribution in [-0.2, 0) is 43.4 Å². The maximum atomic E-state index is 2.32. The van der Waals surface area contributed by atoms with Gasteiger partial charge in [0.05, 0.1) is 0 Å². The molecule has 0 bridgehead atoms. The van der Waals surface area contributed by atoms with Crippen molar-refractivity contribution in [3.05, 3.63) is 145 Å². The smallest absolute Gasteiger partial charge is 1.00 e. The van der Waals surface area contributed by atoms with Crippen LogP contribution in [0, 0.1) is 0 Å². The molecule has 0 atom stereocenters. The largest absolute Gasteiger partial charge is 2.00 e. The van der Waals surface area contributed by atoms with Gasteiger partial charge in [-0.1, -0.05) is 132 Å². The van der Waals surface area contributed by atoms with Crippen molar-refractivity contribution in [2.75, 3.05) is 0 Å². The normalized spacial score (nSPS) is 13.1. The first-order valence-electron chi connectivity index (χ1n) is 12.7. The van der Waals surface area contributed by atoms with Crippen LogP contribution in [0.1, 0.15) is 24.0 Å². The van der Waals surface area contributed by atoms with Gasteiger partial charge in [-0.15, -0.1) is 67.4 Å². The molecule has 4 heteroatoms. The SMILES string of the molecule is C1=CCC(c2cccc3c2[cH-]c2ccccc23)=C1.C1=CCC(c2cccc3c2[cH-]c2ccccc23)=C1.[Cl-].[Cl-].[Ti+2].[Ti+2]. The summed E-state index contributed by atoms with van der Waals surface area (Å²) < 4.78 is 0. The van der Waals surface area contributed by atoms with Gasteiger partial charge in [0.15, 0.2) is 0 Å². The minimum atomic E-state index is 0. The minimum Gasteiger partial charge on any atom is -1.00 e. The van der Waals surface area contributed by atoms with E-state index in [4.69, 9.17) is 0 Å². The fourth-order valence-corrected chi connectivity index (χ4v) is 5.81. The van der Waals surface area contributed by atoms with Gasteiger partial charge in [-0.2, -0.15) is 0 Å². The number of allylic oxidation sites excluding steroid dienone is 8. The second-order valence-corrected chi connectivity index (χ2v) is 9.65. The maximum absolute atomic E-state index is 2.32. The third-order valence-corrected chi connectivity index (χ3v) is 7.55. The standard InChI is InChI=1S/2C18H13.2ClH.2Ti/c2*1-2-7-13(6-1)15-10-5-11-17-16-9-4-3-8-14(16)12-18(15)17;;;;/h2*1-6,8-12H,7H2;2*1H;;/q2*-1;;;2*+2/p-2. The minimum absolute atomic E-state index is 0. The van der Waals surface area contributed by atoms with Crippen molar-refractivity contribution in [1.82, 2.24) is 0 Å². The quantitative estimate of drug-likeness (QED) is 0.201.